The fourth-order valence-corrected chi connectivity index (χ4v) is 4.34. The van der Waals surface area contributed by atoms with Crippen LogP contribution in [0.5, 0.6) is 11.5 Å². The van der Waals surface area contributed by atoms with Crippen LogP contribution in [0.25, 0.3) is 10.6 Å². The molecule has 2 heterocycles. The molecule has 1 fully saturated rings. The Morgan fingerprint density at radius 3 is 2.43 bits per heavy atom. The molecule has 3 aromatic rings. The average Bonchev–Trinajstić information content (AvgIpc) is 3.26. The minimum atomic E-state index is -0.0200. The Bertz CT molecular complexity index is 980. The summed E-state index contributed by atoms with van der Waals surface area (Å²) in [4.78, 5) is 19.3. The zero-order valence-electron chi connectivity index (χ0n) is 16.7. The van der Waals surface area contributed by atoms with E-state index in [1.807, 2.05) is 65.7 Å². The van der Waals surface area contributed by atoms with Crippen molar-refractivity contribution in [3.8, 4) is 22.1 Å². The first kappa shape index (κ1) is 20.7. The fourth-order valence-electron chi connectivity index (χ4n) is 3.41. The monoisotopic (exact) mass is 442 g/mol. The van der Waals surface area contributed by atoms with Gasteiger partial charge in [-0.1, -0.05) is 11.6 Å². The second-order valence-electron chi connectivity index (χ2n) is 7.06. The first-order valence-corrected chi connectivity index (χ1v) is 11.3. The average molecular weight is 443 g/mol. The SMILES string of the molecule is CCOc1ccc(-c2nc(C(=O)N3CCC(Oc4ccc(Cl)cc4)CC3)cs2)cc1. The second kappa shape index (κ2) is 9.49. The van der Waals surface area contributed by atoms with Gasteiger partial charge in [0.05, 0.1) is 6.61 Å². The number of amides is 1. The lowest BCUT2D eigenvalue weighted by molar-refractivity contribution is 0.0591. The lowest BCUT2D eigenvalue weighted by atomic mass is 10.1. The van der Waals surface area contributed by atoms with Crippen molar-refractivity contribution >= 4 is 28.8 Å². The van der Waals surface area contributed by atoms with Crippen LogP contribution in [0.1, 0.15) is 30.3 Å². The predicted molar refractivity (Wildman–Crippen MR) is 120 cm³/mol. The van der Waals surface area contributed by atoms with Gasteiger partial charge in [0.25, 0.3) is 5.91 Å². The molecule has 0 bridgehead atoms. The normalized spacial score (nSPS) is 14.5. The number of nitrogens with zero attached hydrogens (tertiary/aromatic N) is 2. The summed E-state index contributed by atoms with van der Waals surface area (Å²) in [6, 6.07) is 15.2. The van der Waals surface area contributed by atoms with Gasteiger partial charge in [-0.2, -0.15) is 0 Å². The molecular formula is C23H23ClN2O3S. The summed E-state index contributed by atoms with van der Waals surface area (Å²) in [6.07, 6.45) is 1.69. The molecule has 1 amide bonds. The molecule has 0 saturated carbocycles. The number of aromatic nitrogens is 1. The molecule has 156 valence electrons. The largest absolute Gasteiger partial charge is 0.494 e. The van der Waals surface area contributed by atoms with Gasteiger partial charge in [-0.3, -0.25) is 4.79 Å². The van der Waals surface area contributed by atoms with E-state index >= 15 is 0 Å². The van der Waals surface area contributed by atoms with Crippen molar-refractivity contribution in [2.45, 2.75) is 25.9 Å². The van der Waals surface area contributed by atoms with Crippen LogP contribution in [0, 0.1) is 0 Å². The zero-order valence-corrected chi connectivity index (χ0v) is 18.3. The van der Waals surface area contributed by atoms with E-state index in [0.29, 0.717) is 30.4 Å². The van der Waals surface area contributed by atoms with Gasteiger partial charge in [0.15, 0.2) is 0 Å². The summed E-state index contributed by atoms with van der Waals surface area (Å²) >= 11 is 7.40. The van der Waals surface area contributed by atoms with Crippen molar-refractivity contribution in [3.63, 3.8) is 0 Å². The molecule has 1 aromatic heterocycles. The fraction of sp³-hybridized carbons (Fsp3) is 0.304. The maximum absolute atomic E-state index is 12.9. The Balaban J connectivity index is 1.33. The topological polar surface area (TPSA) is 51.7 Å². The van der Waals surface area contributed by atoms with Crippen LogP contribution in [-0.2, 0) is 0 Å². The summed E-state index contributed by atoms with van der Waals surface area (Å²) in [6.45, 7) is 3.91. The van der Waals surface area contributed by atoms with Crippen LogP contribution >= 0.6 is 22.9 Å². The van der Waals surface area contributed by atoms with Crippen molar-refractivity contribution in [1.29, 1.82) is 0 Å². The number of halogens is 1. The number of carbonyl (C=O) groups is 1. The third kappa shape index (κ3) is 4.94. The van der Waals surface area contributed by atoms with Crippen molar-refractivity contribution in [1.82, 2.24) is 9.88 Å². The molecule has 0 unspecified atom stereocenters. The van der Waals surface area contributed by atoms with Crippen LogP contribution < -0.4 is 9.47 Å². The lowest BCUT2D eigenvalue weighted by Gasteiger charge is -2.31. The summed E-state index contributed by atoms with van der Waals surface area (Å²) in [7, 11) is 0. The summed E-state index contributed by atoms with van der Waals surface area (Å²) in [5, 5.41) is 3.36. The zero-order chi connectivity index (χ0) is 20.9. The molecule has 2 aromatic carbocycles. The highest BCUT2D eigenvalue weighted by atomic mass is 35.5. The Hall–Kier alpha value is -2.57. The molecule has 0 N–H and O–H groups in total. The molecule has 1 aliphatic heterocycles. The standard InChI is InChI=1S/C23H23ClN2O3S/c1-2-28-18-7-3-16(4-8-18)22-25-21(15-30-22)23(27)26-13-11-20(12-14-26)29-19-9-5-17(24)6-10-19/h3-10,15,20H,2,11-14H2,1H3. The highest BCUT2D eigenvalue weighted by molar-refractivity contribution is 7.13. The van der Waals surface area contributed by atoms with Gasteiger partial charge < -0.3 is 14.4 Å². The van der Waals surface area contributed by atoms with Gasteiger partial charge in [0.1, 0.15) is 28.3 Å². The molecule has 1 saturated heterocycles. The molecule has 0 spiro atoms. The maximum atomic E-state index is 12.9. The number of benzene rings is 2. The Morgan fingerprint density at radius 1 is 1.10 bits per heavy atom. The molecule has 7 heteroatoms. The van der Waals surface area contributed by atoms with E-state index in [0.717, 1.165) is 34.9 Å². The number of thiazole rings is 1. The Morgan fingerprint density at radius 2 is 1.77 bits per heavy atom. The number of hydrogen-bond acceptors (Lipinski definition) is 5. The first-order chi connectivity index (χ1) is 14.6. The lowest BCUT2D eigenvalue weighted by Crippen LogP contribution is -2.41. The van der Waals surface area contributed by atoms with Gasteiger partial charge in [0.2, 0.25) is 0 Å². The molecule has 4 rings (SSSR count). The van der Waals surface area contributed by atoms with Gasteiger partial charge in [0, 0.05) is 41.9 Å². The Labute approximate surface area is 185 Å². The van der Waals surface area contributed by atoms with E-state index in [1.165, 1.54) is 11.3 Å². The molecule has 0 aliphatic carbocycles. The van der Waals surface area contributed by atoms with E-state index in [1.54, 1.807) is 0 Å². The maximum Gasteiger partial charge on any atom is 0.273 e. The minimum absolute atomic E-state index is 0.0200. The van der Waals surface area contributed by atoms with Gasteiger partial charge in [-0.15, -0.1) is 11.3 Å². The summed E-state index contributed by atoms with van der Waals surface area (Å²) < 4.78 is 11.5. The third-order valence-electron chi connectivity index (χ3n) is 4.98. The number of carbonyl (C=O) groups excluding carboxylic acids is 1. The third-order valence-corrected chi connectivity index (χ3v) is 6.12. The number of likely N-dealkylation sites (tertiary alicyclic amines) is 1. The first-order valence-electron chi connectivity index (χ1n) is 10.0. The van der Waals surface area contributed by atoms with Crippen LogP contribution in [0.4, 0.5) is 0 Å². The predicted octanol–water partition coefficient (Wildman–Crippen LogP) is 5.55. The van der Waals surface area contributed by atoms with E-state index < -0.39 is 0 Å². The van der Waals surface area contributed by atoms with Crippen molar-refractivity contribution in [2.75, 3.05) is 19.7 Å². The summed E-state index contributed by atoms with van der Waals surface area (Å²) in [5.74, 6) is 1.62. The van der Waals surface area contributed by atoms with E-state index in [4.69, 9.17) is 21.1 Å². The van der Waals surface area contributed by atoms with Crippen LogP contribution in [-0.4, -0.2) is 41.6 Å². The quantitative estimate of drug-likeness (QED) is 0.502. The smallest absolute Gasteiger partial charge is 0.273 e. The van der Waals surface area contributed by atoms with Gasteiger partial charge in [-0.25, -0.2) is 4.98 Å². The Kier molecular flexibility index (Phi) is 6.55. The highest BCUT2D eigenvalue weighted by Gasteiger charge is 2.26. The molecule has 5 nitrogen and oxygen atoms in total. The van der Waals surface area contributed by atoms with Crippen molar-refractivity contribution in [2.24, 2.45) is 0 Å². The van der Waals surface area contributed by atoms with E-state index in [9.17, 15) is 4.79 Å². The molecular weight excluding hydrogens is 420 g/mol. The van der Waals surface area contributed by atoms with Crippen molar-refractivity contribution < 1.29 is 14.3 Å². The van der Waals surface area contributed by atoms with E-state index in [2.05, 4.69) is 4.98 Å². The van der Waals surface area contributed by atoms with Crippen LogP contribution in [0.3, 0.4) is 0 Å². The number of piperidine rings is 1. The van der Waals surface area contributed by atoms with Crippen LogP contribution in [0.15, 0.2) is 53.9 Å². The van der Waals surface area contributed by atoms with Gasteiger partial charge >= 0.3 is 0 Å². The number of hydrogen-bond donors (Lipinski definition) is 0. The molecule has 0 radical (unpaired) electrons. The molecule has 0 atom stereocenters. The molecule has 30 heavy (non-hydrogen) atoms. The number of ether oxygens (including phenoxy) is 2. The minimum Gasteiger partial charge on any atom is -0.494 e. The summed E-state index contributed by atoms with van der Waals surface area (Å²) in [5.41, 5.74) is 1.48. The van der Waals surface area contributed by atoms with Crippen molar-refractivity contribution in [3.05, 3.63) is 64.6 Å². The molecule has 1 aliphatic rings. The highest BCUT2D eigenvalue weighted by Crippen LogP contribution is 2.27. The number of rotatable bonds is 6. The van der Waals surface area contributed by atoms with E-state index in [-0.39, 0.29) is 12.0 Å². The van der Waals surface area contributed by atoms with Crippen LogP contribution in [0.2, 0.25) is 5.02 Å². The second-order valence-corrected chi connectivity index (χ2v) is 8.35. The van der Waals surface area contributed by atoms with Gasteiger partial charge in [-0.05, 0) is 55.5 Å².